The molecule has 5 heteroatoms. The molecule has 25 valence electrons. The summed E-state index contributed by atoms with van der Waals surface area (Å²) >= 11 is 0. The van der Waals surface area contributed by atoms with Gasteiger partial charge in [-0.05, 0) is 0 Å². The van der Waals surface area contributed by atoms with Crippen molar-refractivity contribution in [3.8, 4) is 0 Å². The van der Waals surface area contributed by atoms with Crippen LogP contribution in [0.2, 0.25) is 0 Å². The summed E-state index contributed by atoms with van der Waals surface area (Å²) in [5.74, 6) is 0. The molecule has 3 radical (unpaired) electrons. The third kappa shape index (κ3) is 18.7. The zero-order valence-corrected chi connectivity index (χ0v) is 9.14. The summed E-state index contributed by atoms with van der Waals surface area (Å²) in [4.78, 5) is 0. The van der Waals surface area contributed by atoms with Crippen molar-refractivity contribution < 1.29 is 11.2 Å². The predicted octanol–water partition coefficient (Wildman–Crippen LogP) is -2.70. The first-order chi connectivity index (χ1) is 0. The van der Waals surface area contributed by atoms with Crippen molar-refractivity contribution in [2.45, 2.75) is 0 Å². The molecular weight excluding hydrogens is 231 g/mol. The van der Waals surface area contributed by atoms with Gasteiger partial charge in [0.2, 0.25) is 0 Å². The van der Waals surface area contributed by atoms with E-state index in [9.17, 15) is 0 Å². The van der Waals surface area contributed by atoms with Crippen LogP contribution in [-0.2, 0) is 0 Å². The van der Waals surface area contributed by atoms with Gasteiger partial charge < -0.3 is 11.2 Å². The fourth-order valence-corrected chi connectivity index (χ4v) is 0. The van der Waals surface area contributed by atoms with E-state index in [2.05, 4.69) is 0 Å². The first kappa shape index (κ1) is 39.9. The molecule has 0 aromatic carbocycles. The summed E-state index contributed by atoms with van der Waals surface area (Å²) in [7, 11) is 0. The molecule has 0 atom stereocenters. The predicted molar refractivity (Wildman–Crippen MR) is 35.3 cm³/mol. The van der Waals surface area contributed by atoms with Crippen LogP contribution in [0.25, 0.3) is 0 Å². The molecule has 0 unspecified atom stereocenters. The zero-order valence-electron chi connectivity index (χ0n) is 6.49. The van der Waals surface area contributed by atoms with Crippen molar-refractivity contribution in [2.24, 2.45) is 0 Å². The minimum Gasteiger partial charge on any atom is -1.00 e. The molecule has 0 aliphatic carbocycles. The Balaban J connectivity index is 0. The number of rotatable bonds is 0. The molecule has 5 heavy (non-hydrogen) atoms. The normalized spacial score (nSPS) is 0. The van der Waals surface area contributed by atoms with E-state index in [4.69, 9.17) is 0 Å². The van der Waals surface area contributed by atoms with Gasteiger partial charge in [0.25, 0.3) is 0 Å². The molecule has 0 rings (SSSR count). The monoisotopic (exact) mass is 241 g/mol. The SMILES string of the molecule is O.[AlH3].[B].[Ba+2].[Ca+2].[H-].[H-].[H-].[H-]. The molecule has 0 spiro atoms. The summed E-state index contributed by atoms with van der Waals surface area (Å²) in [5, 5.41) is 0. The second-order valence-corrected chi connectivity index (χ2v) is 0. The van der Waals surface area contributed by atoms with Gasteiger partial charge in [-0.25, -0.2) is 0 Å². The second kappa shape index (κ2) is 26.3. The Hall–Kier alpha value is 3.39. The Labute approximate surface area is 121 Å². The van der Waals surface area contributed by atoms with E-state index in [1.165, 1.54) is 0 Å². The Morgan fingerprint density at radius 2 is 1.20 bits per heavy atom. The van der Waals surface area contributed by atoms with Crippen LogP contribution < -0.4 is 0 Å². The molecule has 0 fully saturated rings. The van der Waals surface area contributed by atoms with E-state index in [1.807, 2.05) is 0 Å². The van der Waals surface area contributed by atoms with Crippen LogP contribution in [-0.4, -0.2) is 118 Å². The fraction of sp³-hybridized carbons (Fsp3) is 0. The van der Waals surface area contributed by atoms with Gasteiger partial charge in [-0.15, -0.1) is 0 Å². The van der Waals surface area contributed by atoms with Gasteiger partial charge in [0.05, 0.1) is 0 Å². The quantitative estimate of drug-likeness (QED) is 0.413. The number of hydrogen-bond donors (Lipinski definition) is 0. The van der Waals surface area contributed by atoms with Crippen molar-refractivity contribution in [3.63, 3.8) is 0 Å². The van der Waals surface area contributed by atoms with Gasteiger partial charge >= 0.3 is 86.6 Å². The van der Waals surface area contributed by atoms with E-state index < -0.39 is 0 Å². The second-order valence-electron chi connectivity index (χ2n) is 0. The van der Waals surface area contributed by atoms with Crippen LogP contribution in [0.3, 0.4) is 0 Å². The minimum absolute atomic E-state index is 0. The Morgan fingerprint density at radius 1 is 1.20 bits per heavy atom. The van der Waals surface area contributed by atoms with Gasteiger partial charge in [0, 0.05) is 8.41 Å². The first-order valence-corrected chi connectivity index (χ1v) is 0. The molecule has 0 bridgehead atoms. The Morgan fingerprint density at radius 3 is 1.20 bits per heavy atom. The summed E-state index contributed by atoms with van der Waals surface area (Å²) in [6.07, 6.45) is 0. The van der Waals surface area contributed by atoms with E-state index >= 15 is 0 Å². The molecular formula is H9AlBBaCaO. The first-order valence-electron chi connectivity index (χ1n) is 0. The molecule has 0 aromatic rings. The topological polar surface area (TPSA) is 31.5 Å². The van der Waals surface area contributed by atoms with Gasteiger partial charge in [0.15, 0.2) is 17.4 Å². The van der Waals surface area contributed by atoms with Crippen molar-refractivity contribution in [3.05, 3.63) is 0 Å². The summed E-state index contributed by atoms with van der Waals surface area (Å²) in [6.45, 7) is 0. The van der Waals surface area contributed by atoms with Gasteiger partial charge in [-0.1, -0.05) is 0 Å². The molecule has 0 aliphatic rings. The third-order valence-corrected chi connectivity index (χ3v) is 0. The standard InChI is InChI=1S/Al.B.Ba.Ca.H2O.7H/h;;;;1H2;;;;;;;/q;;2*+2;;;;;4*-1. The van der Waals surface area contributed by atoms with Crippen LogP contribution in [0.1, 0.15) is 5.71 Å². The van der Waals surface area contributed by atoms with Gasteiger partial charge in [-0.3, -0.25) is 0 Å². The summed E-state index contributed by atoms with van der Waals surface area (Å²) in [6, 6.07) is 0. The average Bonchev–Trinajstić information content (AvgIpc) is 0. The summed E-state index contributed by atoms with van der Waals surface area (Å²) < 4.78 is 0. The summed E-state index contributed by atoms with van der Waals surface area (Å²) in [5.41, 5.74) is 0. The van der Waals surface area contributed by atoms with Crippen LogP contribution in [0.15, 0.2) is 0 Å². The maximum Gasteiger partial charge on any atom is 2.00 e. The van der Waals surface area contributed by atoms with Crippen LogP contribution in [0, 0.1) is 0 Å². The maximum atomic E-state index is 0. The molecule has 0 heterocycles. The van der Waals surface area contributed by atoms with Crippen LogP contribution in [0.5, 0.6) is 0 Å². The van der Waals surface area contributed by atoms with Gasteiger partial charge in [-0.2, -0.15) is 0 Å². The maximum absolute atomic E-state index is 0. The Kier molecular flexibility index (Phi) is 209. The van der Waals surface area contributed by atoms with Crippen molar-refractivity contribution >= 4 is 112 Å². The van der Waals surface area contributed by atoms with Crippen molar-refractivity contribution in [2.75, 3.05) is 0 Å². The fourth-order valence-electron chi connectivity index (χ4n) is 0. The van der Waals surface area contributed by atoms with E-state index in [1.54, 1.807) is 0 Å². The van der Waals surface area contributed by atoms with Crippen LogP contribution in [0.4, 0.5) is 0 Å². The minimum atomic E-state index is 0. The molecule has 0 aromatic heterocycles. The van der Waals surface area contributed by atoms with E-state index in [0.717, 1.165) is 0 Å². The smallest absolute Gasteiger partial charge is 1.00 e. The largest absolute Gasteiger partial charge is 2.00 e. The third-order valence-electron chi connectivity index (χ3n) is 0. The van der Waals surface area contributed by atoms with Gasteiger partial charge in [0.1, 0.15) is 0 Å². The van der Waals surface area contributed by atoms with Crippen molar-refractivity contribution in [1.29, 1.82) is 0 Å². The molecule has 0 saturated carbocycles. The number of hydrogen-bond acceptors (Lipinski definition) is 0. The van der Waals surface area contributed by atoms with E-state index in [-0.39, 0.29) is 124 Å². The molecule has 1 nitrogen and oxygen atoms in total. The van der Waals surface area contributed by atoms with E-state index in [0.29, 0.717) is 0 Å². The van der Waals surface area contributed by atoms with Crippen LogP contribution >= 0.6 is 0 Å². The molecule has 0 amide bonds. The molecule has 0 aliphatic heterocycles. The average molecular weight is 240 g/mol. The molecule has 2 N–H and O–H groups in total. The zero-order chi connectivity index (χ0) is 0. The van der Waals surface area contributed by atoms with Crippen molar-refractivity contribution in [1.82, 2.24) is 0 Å². The molecule has 0 saturated heterocycles. The Bertz CT molecular complexity index is 20.5.